The lowest BCUT2D eigenvalue weighted by Crippen LogP contribution is -1.94. The third kappa shape index (κ3) is 6.14. The summed E-state index contributed by atoms with van der Waals surface area (Å²) in [5.74, 6) is 4.57. The van der Waals surface area contributed by atoms with Crippen molar-refractivity contribution in [1.29, 1.82) is 5.26 Å². The highest BCUT2D eigenvalue weighted by Crippen LogP contribution is 2.23. The van der Waals surface area contributed by atoms with E-state index < -0.39 is 5.82 Å². The van der Waals surface area contributed by atoms with Gasteiger partial charge in [-0.1, -0.05) is 80.1 Å². The number of unbranched alkanes of at least 4 members (excludes halogenated alkanes) is 2. The van der Waals surface area contributed by atoms with Gasteiger partial charge in [-0.15, -0.1) is 0 Å². The minimum absolute atomic E-state index is 0.0392. The van der Waals surface area contributed by atoms with Crippen molar-refractivity contribution in [2.45, 2.75) is 45.4 Å². The van der Waals surface area contributed by atoms with Gasteiger partial charge in [0.1, 0.15) is 17.7 Å². The number of aryl methyl sites for hydroxylation is 3. The number of halogens is 2. The van der Waals surface area contributed by atoms with Gasteiger partial charge in [0.05, 0.1) is 11.1 Å². The highest BCUT2D eigenvalue weighted by Gasteiger charge is 2.07. The van der Waals surface area contributed by atoms with E-state index in [0.29, 0.717) is 10.9 Å². The minimum Gasteiger partial charge on any atom is -0.206 e. The molecule has 0 fully saturated rings. The molecule has 0 heterocycles. The van der Waals surface area contributed by atoms with Crippen LogP contribution in [-0.2, 0) is 19.3 Å². The zero-order chi connectivity index (χ0) is 24.6. The van der Waals surface area contributed by atoms with E-state index in [0.717, 1.165) is 30.2 Å². The van der Waals surface area contributed by atoms with Crippen LogP contribution in [-0.4, -0.2) is 0 Å². The van der Waals surface area contributed by atoms with Crippen molar-refractivity contribution in [3.63, 3.8) is 0 Å². The van der Waals surface area contributed by atoms with Gasteiger partial charge < -0.3 is 0 Å². The number of hydrogen-bond donors (Lipinski definition) is 0. The van der Waals surface area contributed by atoms with Crippen LogP contribution >= 0.6 is 0 Å². The summed E-state index contributed by atoms with van der Waals surface area (Å²) in [6.45, 7) is 2.22. The molecule has 0 spiro atoms. The second-order valence-electron chi connectivity index (χ2n) is 8.81. The first-order valence-corrected chi connectivity index (χ1v) is 12.1. The molecule has 1 nitrogen and oxygen atoms in total. The molecule has 35 heavy (non-hydrogen) atoms. The first kappa shape index (κ1) is 24.2. The summed E-state index contributed by atoms with van der Waals surface area (Å²) in [7, 11) is 0. The van der Waals surface area contributed by atoms with Gasteiger partial charge in [-0.2, -0.15) is 5.26 Å². The smallest absolute Gasteiger partial charge is 0.146 e. The van der Waals surface area contributed by atoms with E-state index in [-0.39, 0.29) is 16.9 Å². The van der Waals surface area contributed by atoms with Crippen LogP contribution in [0, 0.1) is 34.8 Å². The summed E-state index contributed by atoms with van der Waals surface area (Å²) in [6, 6.07) is 24.1. The Morgan fingerprint density at radius 3 is 2.09 bits per heavy atom. The average molecular weight is 464 g/mol. The van der Waals surface area contributed by atoms with Gasteiger partial charge in [0.25, 0.3) is 0 Å². The lowest BCUT2D eigenvalue weighted by atomic mass is 9.98. The predicted molar refractivity (Wildman–Crippen MR) is 138 cm³/mol. The molecule has 4 aromatic carbocycles. The molecule has 0 atom stereocenters. The fourth-order valence-electron chi connectivity index (χ4n) is 4.16. The standard InChI is InChI=1S/C32H27F2N/c1-2-3-4-5-23-6-8-24(9-7-23)10-11-25-14-19-30-28(20-25)18-17-27(32(30)34)15-12-26-13-16-29(22-35)31(33)21-26/h6-9,13-14,16-21H,2-5,10-11H2,1H3. The first-order chi connectivity index (χ1) is 17.1. The average Bonchev–Trinajstić information content (AvgIpc) is 2.88. The Bertz CT molecular complexity index is 1430. The molecular formula is C32H27F2N. The predicted octanol–water partition coefficient (Wildman–Crippen LogP) is 7.91. The molecule has 0 radical (unpaired) electrons. The van der Waals surface area contributed by atoms with Crippen molar-refractivity contribution in [3.05, 3.63) is 118 Å². The summed E-state index contributed by atoms with van der Waals surface area (Å²) in [5.41, 5.74) is 4.48. The molecule has 0 saturated heterocycles. The molecule has 0 unspecified atom stereocenters. The van der Waals surface area contributed by atoms with E-state index in [2.05, 4.69) is 43.0 Å². The van der Waals surface area contributed by atoms with Crippen LogP contribution in [0.15, 0.2) is 72.8 Å². The van der Waals surface area contributed by atoms with E-state index in [1.807, 2.05) is 24.3 Å². The van der Waals surface area contributed by atoms with Gasteiger partial charge >= 0.3 is 0 Å². The quantitative estimate of drug-likeness (QED) is 0.202. The largest absolute Gasteiger partial charge is 0.206 e. The summed E-state index contributed by atoms with van der Waals surface area (Å²) in [5, 5.41) is 10.2. The molecule has 3 heteroatoms. The van der Waals surface area contributed by atoms with E-state index in [4.69, 9.17) is 5.26 Å². The normalized spacial score (nSPS) is 10.6. The van der Waals surface area contributed by atoms with Crippen LogP contribution in [0.3, 0.4) is 0 Å². The van der Waals surface area contributed by atoms with Crippen LogP contribution in [0.4, 0.5) is 8.78 Å². The molecular weight excluding hydrogens is 436 g/mol. The van der Waals surface area contributed by atoms with Crippen LogP contribution < -0.4 is 0 Å². The molecule has 0 aromatic heterocycles. The SMILES string of the molecule is CCCCCc1ccc(CCc2ccc3c(F)c(C#Cc4ccc(C#N)c(F)c4)ccc3c2)cc1. The summed E-state index contributed by atoms with van der Waals surface area (Å²) < 4.78 is 28.9. The zero-order valence-corrected chi connectivity index (χ0v) is 19.9. The number of nitriles is 1. The van der Waals surface area contributed by atoms with Gasteiger partial charge in [-0.25, -0.2) is 8.78 Å². The fourth-order valence-corrected chi connectivity index (χ4v) is 4.16. The third-order valence-electron chi connectivity index (χ3n) is 6.24. The number of nitrogens with zero attached hydrogens (tertiary/aromatic N) is 1. The monoisotopic (exact) mass is 463 g/mol. The van der Waals surface area contributed by atoms with Crippen LogP contribution in [0.2, 0.25) is 0 Å². The topological polar surface area (TPSA) is 23.8 Å². The van der Waals surface area contributed by atoms with E-state index in [9.17, 15) is 4.39 Å². The van der Waals surface area contributed by atoms with E-state index in [1.165, 1.54) is 42.5 Å². The van der Waals surface area contributed by atoms with Gasteiger partial charge in [0.2, 0.25) is 0 Å². The van der Waals surface area contributed by atoms with Crippen LogP contribution in [0.25, 0.3) is 10.8 Å². The summed E-state index contributed by atoms with van der Waals surface area (Å²) >= 11 is 0. The molecule has 0 amide bonds. The second-order valence-corrected chi connectivity index (χ2v) is 8.81. The van der Waals surface area contributed by atoms with Gasteiger partial charge in [0.15, 0.2) is 0 Å². The molecule has 0 aliphatic rings. The third-order valence-corrected chi connectivity index (χ3v) is 6.24. The summed E-state index contributed by atoms with van der Waals surface area (Å²) in [4.78, 5) is 0. The molecule has 0 aliphatic heterocycles. The molecule has 0 saturated carbocycles. The van der Waals surface area contributed by atoms with Gasteiger partial charge in [0, 0.05) is 10.9 Å². The number of rotatable bonds is 7. The van der Waals surface area contributed by atoms with Crippen molar-refractivity contribution in [3.8, 4) is 17.9 Å². The molecule has 4 rings (SSSR count). The Hall–Kier alpha value is -3.95. The Morgan fingerprint density at radius 1 is 0.686 bits per heavy atom. The Morgan fingerprint density at radius 2 is 1.37 bits per heavy atom. The highest BCUT2D eigenvalue weighted by atomic mass is 19.1. The second kappa shape index (κ2) is 11.5. The van der Waals surface area contributed by atoms with Crippen LogP contribution in [0.5, 0.6) is 0 Å². The van der Waals surface area contributed by atoms with E-state index in [1.54, 1.807) is 18.2 Å². The molecule has 4 aromatic rings. The van der Waals surface area contributed by atoms with Crippen molar-refractivity contribution in [2.75, 3.05) is 0 Å². The lowest BCUT2D eigenvalue weighted by molar-refractivity contribution is 0.623. The molecule has 174 valence electrons. The van der Waals surface area contributed by atoms with Crippen molar-refractivity contribution >= 4 is 10.8 Å². The highest BCUT2D eigenvalue weighted by molar-refractivity contribution is 5.85. The first-order valence-electron chi connectivity index (χ1n) is 12.1. The fraction of sp³-hybridized carbons (Fsp3) is 0.219. The molecule has 0 bridgehead atoms. The van der Waals surface area contributed by atoms with Crippen molar-refractivity contribution in [2.24, 2.45) is 0 Å². The number of benzene rings is 4. The molecule has 0 aliphatic carbocycles. The van der Waals surface area contributed by atoms with E-state index >= 15 is 4.39 Å². The number of hydrogen-bond acceptors (Lipinski definition) is 1. The van der Waals surface area contributed by atoms with Gasteiger partial charge in [-0.3, -0.25) is 0 Å². The number of fused-ring (bicyclic) bond motifs is 1. The van der Waals surface area contributed by atoms with Crippen molar-refractivity contribution < 1.29 is 8.78 Å². The Labute approximate surface area is 206 Å². The van der Waals surface area contributed by atoms with Crippen molar-refractivity contribution in [1.82, 2.24) is 0 Å². The maximum absolute atomic E-state index is 15.1. The zero-order valence-electron chi connectivity index (χ0n) is 19.9. The Kier molecular flexibility index (Phi) is 7.92. The lowest BCUT2D eigenvalue weighted by Gasteiger charge is -2.07. The van der Waals surface area contributed by atoms with Gasteiger partial charge in [-0.05, 0) is 72.0 Å². The minimum atomic E-state index is -0.631. The summed E-state index contributed by atoms with van der Waals surface area (Å²) in [6.07, 6.45) is 6.72. The maximum atomic E-state index is 15.1. The molecule has 0 N–H and O–H groups in total. The van der Waals surface area contributed by atoms with Crippen LogP contribution in [0.1, 0.15) is 59.6 Å². The maximum Gasteiger partial charge on any atom is 0.146 e. The Balaban J connectivity index is 1.45.